The first-order chi connectivity index (χ1) is 21.4. The highest BCUT2D eigenvalue weighted by molar-refractivity contribution is 6.07. The molecule has 1 atom stereocenters. The van der Waals surface area contributed by atoms with Crippen LogP contribution in [0.1, 0.15) is 64.9 Å². The topological polar surface area (TPSA) is 86.4 Å². The van der Waals surface area contributed by atoms with Gasteiger partial charge in [-0.3, -0.25) is 9.59 Å². The van der Waals surface area contributed by atoms with Gasteiger partial charge in [0.1, 0.15) is 5.82 Å². The third-order valence-corrected chi connectivity index (χ3v) is 8.64. The van der Waals surface area contributed by atoms with Gasteiger partial charge in [0.15, 0.2) is 0 Å². The number of para-hydroxylation sites is 1. The average Bonchev–Trinajstić information content (AvgIpc) is 3.04. The van der Waals surface area contributed by atoms with Crippen LogP contribution in [0, 0.1) is 0 Å². The summed E-state index contributed by atoms with van der Waals surface area (Å²) in [5, 5.41) is 13.3. The van der Waals surface area contributed by atoms with E-state index in [1.165, 1.54) is 0 Å². The number of pyridine rings is 1. The Morgan fingerprint density at radius 1 is 0.750 bits per heavy atom. The van der Waals surface area contributed by atoms with Crippen molar-refractivity contribution in [3.05, 3.63) is 114 Å². The molecule has 44 heavy (non-hydrogen) atoms. The first-order valence-corrected chi connectivity index (χ1v) is 15.4. The minimum atomic E-state index is -0.260. The normalized spacial score (nSPS) is 17.2. The molecule has 0 saturated heterocycles. The molecule has 5 aromatic rings. The number of hydrogen-bond acceptors (Lipinski definition) is 5. The SMILES string of the molecule is C[C@@H](NC(=O)c1ccccc1C(=O)N[C@H]1CC[C@@H](Nc2cc(N(C)C)c3ccccc3n2)CC1)c1cccc2ccccc12. The van der Waals surface area contributed by atoms with Gasteiger partial charge in [0, 0.05) is 43.3 Å². The van der Waals surface area contributed by atoms with Crippen molar-refractivity contribution in [2.24, 2.45) is 0 Å². The standard InChI is InChI=1S/C37H39N5O2/c1-24(28-17-10-12-25-11-4-5-13-29(25)28)38-36(43)30-14-6-7-15-31(30)37(44)40-27-21-19-26(20-22-27)39-35-23-34(42(2)3)32-16-8-9-18-33(32)41-35/h4-18,23-24,26-27H,19-22H2,1-3H3,(H,38,43)(H,39,41)(H,40,44)/t24-,26-,27+/m1/s1. The summed E-state index contributed by atoms with van der Waals surface area (Å²) in [6.45, 7) is 1.98. The number of fused-ring (bicyclic) bond motifs is 2. The van der Waals surface area contributed by atoms with Crippen molar-refractivity contribution in [2.75, 3.05) is 24.3 Å². The van der Waals surface area contributed by atoms with Gasteiger partial charge in [-0.05, 0) is 67.1 Å². The zero-order valence-electron chi connectivity index (χ0n) is 25.5. The lowest BCUT2D eigenvalue weighted by Gasteiger charge is -2.30. The third kappa shape index (κ3) is 6.23. The molecule has 2 amide bonds. The number of carbonyl (C=O) groups is 2. The second-order valence-corrected chi connectivity index (χ2v) is 11.9. The van der Waals surface area contributed by atoms with E-state index in [1.54, 1.807) is 24.3 Å². The lowest BCUT2D eigenvalue weighted by atomic mass is 9.90. The van der Waals surface area contributed by atoms with Crippen LogP contribution in [-0.2, 0) is 0 Å². The lowest BCUT2D eigenvalue weighted by Crippen LogP contribution is -2.41. The van der Waals surface area contributed by atoms with E-state index in [9.17, 15) is 9.59 Å². The highest BCUT2D eigenvalue weighted by Crippen LogP contribution is 2.30. The van der Waals surface area contributed by atoms with E-state index in [4.69, 9.17) is 4.98 Å². The van der Waals surface area contributed by atoms with E-state index in [0.29, 0.717) is 11.1 Å². The maximum atomic E-state index is 13.4. The second kappa shape index (κ2) is 12.8. The molecule has 4 aromatic carbocycles. The molecule has 0 unspecified atom stereocenters. The van der Waals surface area contributed by atoms with E-state index in [1.807, 2.05) is 63.5 Å². The van der Waals surface area contributed by atoms with Crippen LogP contribution in [0.5, 0.6) is 0 Å². The number of amides is 2. The van der Waals surface area contributed by atoms with Crippen LogP contribution >= 0.6 is 0 Å². The molecule has 0 spiro atoms. The molecular weight excluding hydrogens is 546 g/mol. The fraction of sp³-hybridized carbons (Fsp3) is 0.270. The van der Waals surface area contributed by atoms with Crippen LogP contribution in [-0.4, -0.2) is 43.0 Å². The number of benzene rings is 4. The number of hydrogen-bond donors (Lipinski definition) is 3. The molecule has 224 valence electrons. The van der Waals surface area contributed by atoms with Crippen LogP contribution in [0.3, 0.4) is 0 Å². The zero-order valence-corrected chi connectivity index (χ0v) is 25.5. The Hall–Kier alpha value is -4.91. The minimum Gasteiger partial charge on any atom is -0.377 e. The Bertz CT molecular complexity index is 1800. The summed E-state index contributed by atoms with van der Waals surface area (Å²) in [7, 11) is 4.10. The fourth-order valence-electron chi connectivity index (χ4n) is 6.31. The predicted octanol–water partition coefficient (Wildman–Crippen LogP) is 7.10. The third-order valence-electron chi connectivity index (χ3n) is 8.64. The van der Waals surface area contributed by atoms with Crippen molar-refractivity contribution in [3.8, 4) is 0 Å². The van der Waals surface area contributed by atoms with Gasteiger partial charge in [-0.1, -0.05) is 72.8 Å². The van der Waals surface area contributed by atoms with Gasteiger partial charge in [-0.25, -0.2) is 4.98 Å². The van der Waals surface area contributed by atoms with Crippen LogP contribution in [0.15, 0.2) is 97.1 Å². The summed E-state index contributed by atoms with van der Waals surface area (Å²) in [5.41, 5.74) is 3.92. The van der Waals surface area contributed by atoms with Crippen LogP contribution in [0.2, 0.25) is 0 Å². The fourth-order valence-corrected chi connectivity index (χ4v) is 6.31. The summed E-state index contributed by atoms with van der Waals surface area (Å²) in [6, 6.07) is 31.7. The molecule has 6 rings (SSSR count). The minimum absolute atomic E-state index is 0.0492. The first-order valence-electron chi connectivity index (χ1n) is 15.4. The van der Waals surface area contributed by atoms with Crippen LogP contribution in [0.4, 0.5) is 11.5 Å². The van der Waals surface area contributed by atoms with Gasteiger partial charge in [-0.15, -0.1) is 0 Å². The summed E-state index contributed by atoms with van der Waals surface area (Å²) in [5.74, 6) is 0.401. The molecule has 1 aliphatic carbocycles. The lowest BCUT2D eigenvalue weighted by molar-refractivity contribution is 0.0897. The monoisotopic (exact) mass is 585 g/mol. The van der Waals surface area contributed by atoms with Crippen molar-refractivity contribution >= 4 is 45.0 Å². The Morgan fingerprint density at radius 2 is 1.36 bits per heavy atom. The quantitative estimate of drug-likeness (QED) is 0.181. The number of aromatic nitrogens is 1. The van der Waals surface area contributed by atoms with E-state index in [0.717, 1.165) is 64.4 Å². The molecule has 1 aliphatic rings. The summed E-state index contributed by atoms with van der Waals surface area (Å²) < 4.78 is 0. The van der Waals surface area contributed by atoms with Gasteiger partial charge >= 0.3 is 0 Å². The molecule has 0 aliphatic heterocycles. The largest absolute Gasteiger partial charge is 0.377 e. The van der Waals surface area contributed by atoms with E-state index >= 15 is 0 Å². The van der Waals surface area contributed by atoms with E-state index in [-0.39, 0.29) is 29.9 Å². The zero-order chi connectivity index (χ0) is 30.6. The number of nitrogens with zero attached hydrogens (tertiary/aromatic N) is 2. The number of anilines is 2. The summed E-state index contributed by atoms with van der Waals surface area (Å²) >= 11 is 0. The molecule has 1 saturated carbocycles. The molecule has 0 bridgehead atoms. The van der Waals surface area contributed by atoms with Crippen molar-refractivity contribution in [2.45, 2.75) is 50.7 Å². The molecular formula is C37H39N5O2. The molecule has 1 aromatic heterocycles. The first kappa shape index (κ1) is 29.2. The van der Waals surface area contributed by atoms with E-state index < -0.39 is 0 Å². The van der Waals surface area contributed by atoms with Crippen molar-refractivity contribution in [1.29, 1.82) is 0 Å². The van der Waals surface area contributed by atoms with Gasteiger partial charge in [0.2, 0.25) is 0 Å². The Morgan fingerprint density at radius 3 is 2.11 bits per heavy atom. The van der Waals surface area contributed by atoms with E-state index in [2.05, 4.69) is 51.2 Å². The maximum absolute atomic E-state index is 13.4. The molecule has 1 fully saturated rings. The van der Waals surface area contributed by atoms with Crippen LogP contribution < -0.4 is 20.9 Å². The average molecular weight is 586 g/mol. The van der Waals surface area contributed by atoms with Gasteiger partial charge in [-0.2, -0.15) is 0 Å². The second-order valence-electron chi connectivity index (χ2n) is 11.9. The van der Waals surface area contributed by atoms with Crippen molar-refractivity contribution < 1.29 is 9.59 Å². The Labute approximate surface area is 258 Å². The van der Waals surface area contributed by atoms with Gasteiger partial charge < -0.3 is 20.9 Å². The molecule has 3 N–H and O–H groups in total. The number of nitrogens with one attached hydrogen (secondary N) is 3. The molecule has 1 heterocycles. The highest BCUT2D eigenvalue weighted by atomic mass is 16.2. The molecule has 7 nitrogen and oxygen atoms in total. The van der Waals surface area contributed by atoms with Crippen LogP contribution in [0.25, 0.3) is 21.7 Å². The summed E-state index contributed by atoms with van der Waals surface area (Å²) in [4.78, 5) is 33.9. The molecule has 7 heteroatoms. The molecule has 0 radical (unpaired) electrons. The summed E-state index contributed by atoms with van der Waals surface area (Å²) in [6.07, 6.45) is 3.54. The maximum Gasteiger partial charge on any atom is 0.252 e. The Balaban J connectivity index is 1.08. The predicted molar refractivity (Wildman–Crippen MR) is 179 cm³/mol. The van der Waals surface area contributed by atoms with Gasteiger partial charge in [0.25, 0.3) is 11.8 Å². The smallest absolute Gasteiger partial charge is 0.252 e. The van der Waals surface area contributed by atoms with Crippen molar-refractivity contribution in [1.82, 2.24) is 15.6 Å². The van der Waals surface area contributed by atoms with Gasteiger partial charge in [0.05, 0.1) is 22.7 Å². The number of carbonyl (C=O) groups excluding carboxylic acids is 2. The number of rotatable bonds is 8. The highest BCUT2D eigenvalue weighted by Gasteiger charge is 2.25. The van der Waals surface area contributed by atoms with Crippen molar-refractivity contribution in [3.63, 3.8) is 0 Å². The Kier molecular flexibility index (Phi) is 8.46.